The molecule has 0 aliphatic carbocycles. The van der Waals surface area contributed by atoms with Crippen LogP contribution in [0.25, 0.3) is 0 Å². The van der Waals surface area contributed by atoms with Gasteiger partial charge in [-0.05, 0) is 18.1 Å². The Morgan fingerprint density at radius 2 is 1.95 bits per heavy atom. The fraction of sp³-hybridized carbons (Fsp3) is 0.533. The van der Waals surface area contributed by atoms with E-state index in [9.17, 15) is 14.7 Å². The Morgan fingerprint density at radius 1 is 1.33 bits per heavy atom. The third kappa shape index (κ3) is 3.21. The molecular formula is C15H21N3O3. The fourth-order valence-electron chi connectivity index (χ4n) is 2.38. The number of hydrogen-bond donors (Lipinski definition) is 2. The number of hydrogen-bond acceptors (Lipinski definition) is 4. The van der Waals surface area contributed by atoms with Crippen LogP contribution in [-0.2, 0) is 4.79 Å². The highest BCUT2D eigenvalue weighted by Gasteiger charge is 2.38. The molecule has 0 radical (unpaired) electrons. The molecule has 21 heavy (non-hydrogen) atoms. The molecule has 2 amide bonds. The second kappa shape index (κ2) is 5.81. The molecule has 6 nitrogen and oxygen atoms in total. The summed E-state index contributed by atoms with van der Waals surface area (Å²) >= 11 is 0. The minimum atomic E-state index is -1.49. The maximum absolute atomic E-state index is 12.3. The lowest BCUT2D eigenvalue weighted by molar-refractivity contribution is -0.140. The molecule has 3 N–H and O–H groups in total. The Morgan fingerprint density at radius 3 is 2.38 bits per heavy atom. The summed E-state index contributed by atoms with van der Waals surface area (Å²) in [5.74, 6) is -0.545. The Kier molecular flexibility index (Phi) is 4.27. The van der Waals surface area contributed by atoms with Crippen molar-refractivity contribution in [3.8, 4) is 0 Å². The van der Waals surface area contributed by atoms with E-state index in [-0.39, 0.29) is 18.7 Å². The van der Waals surface area contributed by atoms with Crippen molar-refractivity contribution >= 4 is 11.8 Å². The summed E-state index contributed by atoms with van der Waals surface area (Å²) < 4.78 is 0. The van der Waals surface area contributed by atoms with Crippen LogP contribution in [0.5, 0.6) is 0 Å². The summed E-state index contributed by atoms with van der Waals surface area (Å²) in [5, 5.41) is 9.99. The third-order valence-electron chi connectivity index (χ3n) is 3.96. The van der Waals surface area contributed by atoms with Gasteiger partial charge in [-0.3, -0.25) is 14.6 Å². The number of carbonyl (C=O) groups excluding carboxylic acids is 2. The summed E-state index contributed by atoms with van der Waals surface area (Å²) in [6.07, 6.45) is 1.92. The quantitative estimate of drug-likeness (QED) is 0.855. The number of nitrogens with zero attached hydrogens (tertiary/aromatic N) is 2. The second-order valence-electron chi connectivity index (χ2n) is 5.81. The van der Waals surface area contributed by atoms with E-state index in [4.69, 9.17) is 5.73 Å². The lowest BCUT2D eigenvalue weighted by Crippen LogP contribution is -2.53. The number of nitrogens with two attached hydrogens (primary N) is 1. The second-order valence-corrected chi connectivity index (χ2v) is 5.81. The van der Waals surface area contributed by atoms with E-state index in [0.29, 0.717) is 24.6 Å². The van der Waals surface area contributed by atoms with Gasteiger partial charge < -0.3 is 15.7 Å². The molecule has 6 heteroatoms. The molecule has 1 aliphatic heterocycles. The van der Waals surface area contributed by atoms with Gasteiger partial charge in [-0.25, -0.2) is 0 Å². The van der Waals surface area contributed by atoms with Gasteiger partial charge in [-0.15, -0.1) is 0 Å². The van der Waals surface area contributed by atoms with Gasteiger partial charge in [-0.2, -0.15) is 0 Å². The summed E-state index contributed by atoms with van der Waals surface area (Å²) in [5.41, 5.74) is 5.14. The van der Waals surface area contributed by atoms with E-state index in [1.54, 1.807) is 17.2 Å². The van der Waals surface area contributed by atoms with Crippen molar-refractivity contribution in [2.45, 2.75) is 38.2 Å². The minimum Gasteiger partial charge on any atom is -0.380 e. The Balaban J connectivity index is 2.03. The topological polar surface area (TPSA) is 96.5 Å². The van der Waals surface area contributed by atoms with Crippen LogP contribution >= 0.6 is 0 Å². The summed E-state index contributed by atoms with van der Waals surface area (Å²) in [6.45, 7) is 4.70. The van der Waals surface area contributed by atoms with Gasteiger partial charge in [0.2, 0.25) is 5.91 Å². The van der Waals surface area contributed by atoms with Crippen LogP contribution in [0.1, 0.15) is 48.7 Å². The molecule has 0 unspecified atom stereocenters. The predicted octanol–water partition coefficient (Wildman–Crippen LogP) is 0.657. The zero-order valence-corrected chi connectivity index (χ0v) is 12.4. The van der Waals surface area contributed by atoms with Gasteiger partial charge in [0, 0.05) is 37.8 Å². The normalized spacial score (nSPS) is 17.8. The fourth-order valence-corrected chi connectivity index (χ4v) is 2.38. The average Bonchev–Trinajstić information content (AvgIpc) is 2.47. The Hall–Kier alpha value is -1.95. The molecule has 0 spiro atoms. The number of amides is 2. The molecule has 1 fully saturated rings. The van der Waals surface area contributed by atoms with Gasteiger partial charge in [-0.1, -0.05) is 13.8 Å². The molecule has 2 rings (SSSR count). The van der Waals surface area contributed by atoms with Crippen molar-refractivity contribution in [3.05, 3.63) is 29.6 Å². The monoisotopic (exact) mass is 291 g/mol. The lowest BCUT2D eigenvalue weighted by atomic mass is 9.90. The SMILES string of the molecule is CC(C)c1ccc(C(=O)N2CCC(O)(C(N)=O)CC2)cn1. The number of carbonyl (C=O) groups is 2. The zero-order chi connectivity index (χ0) is 15.6. The maximum Gasteiger partial charge on any atom is 0.255 e. The molecule has 1 saturated heterocycles. The average molecular weight is 291 g/mol. The Labute approximate surface area is 124 Å². The summed E-state index contributed by atoms with van der Waals surface area (Å²) in [7, 11) is 0. The van der Waals surface area contributed by atoms with Crippen LogP contribution in [0, 0.1) is 0 Å². The number of aromatic nitrogens is 1. The van der Waals surface area contributed by atoms with Gasteiger partial charge in [0.25, 0.3) is 5.91 Å². The molecular weight excluding hydrogens is 270 g/mol. The largest absolute Gasteiger partial charge is 0.380 e. The molecule has 1 aliphatic rings. The third-order valence-corrected chi connectivity index (χ3v) is 3.96. The molecule has 2 heterocycles. The van der Waals surface area contributed by atoms with E-state index in [0.717, 1.165) is 5.69 Å². The molecule has 0 atom stereocenters. The first-order valence-corrected chi connectivity index (χ1v) is 7.11. The van der Waals surface area contributed by atoms with E-state index in [1.165, 1.54) is 0 Å². The number of rotatable bonds is 3. The van der Waals surface area contributed by atoms with Crippen molar-refractivity contribution in [3.63, 3.8) is 0 Å². The highest BCUT2D eigenvalue weighted by atomic mass is 16.3. The van der Waals surface area contributed by atoms with Crippen LogP contribution < -0.4 is 5.73 Å². The van der Waals surface area contributed by atoms with Crippen molar-refractivity contribution in [2.24, 2.45) is 5.73 Å². The van der Waals surface area contributed by atoms with Crippen molar-refractivity contribution in [1.29, 1.82) is 0 Å². The van der Waals surface area contributed by atoms with Crippen molar-refractivity contribution in [1.82, 2.24) is 9.88 Å². The number of primary amides is 1. The van der Waals surface area contributed by atoms with Gasteiger partial charge in [0.1, 0.15) is 5.60 Å². The molecule has 1 aromatic rings. The number of likely N-dealkylation sites (tertiary alicyclic amines) is 1. The van der Waals surface area contributed by atoms with Gasteiger partial charge >= 0.3 is 0 Å². The zero-order valence-electron chi connectivity index (χ0n) is 12.4. The Bertz CT molecular complexity index is 532. The lowest BCUT2D eigenvalue weighted by Gasteiger charge is -2.36. The minimum absolute atomic E-state index is 0.135. The van der Waals surface area contributed by atoms with Crippen LogP contribution in [0.2, 0.25) is 0 Å². The smallest absolute Gasteiger partial charge is 0.255 e. The molecule has 0 saturated carbocycles. The number of pyridine rings is 1. The first kappa shape index (κ1) is 15.4. The van der Waals surface area contributed by atoms with Crippen LogP contribution in [0.4, 0.5) is 0 Å². The van der Waals surface area contributed by atoms with E-state index in [2.05, 4.69) is 4.98 Å². The van der Waals surface area contributed by atoms with Crippen LogP contribution in [-0.4, -0.2) is 45.5 Å². The van der Waals surface area contributed by atoms with E-state index < -0.39 is 11.5 Å². The summed E-state index contributed by atoms with van der Waals surface area (Å²) in [6, 6.07) is 3.61. The number of piperidine rings is 1. The van der Waals surface area contributed by atoms with Crippen LogP contribution in [0.3, 0.4) is 0 Å². The molecule has 1 aromatic heterocycles. The van der Waals surface area contributed by atoms with E-state index in [1.807, 2.05) is 19.9 Å². The van der Waals surface area contributed by atoms with Crippen LogP contribution in [0.15, 0.2) is 18.3 Å². The standard InChI is InChI=1S/C15H21N3O3/c1-10(2)12-4-3-11(9-17-12)13(19)18-7-5-15(21,6-8-18)14(16)20/h3-4,9-10,21H,5-8H2,1-2H3,(H2,16,20). The first-order valence-electron chi connectivity index (χ1n) is 7.11. The van der Waals surface area contributed by atoms with Gasteiger partial charge in [0.05, 0.1) is 5.56 Å². The predicted molar refractivity (Wildman–Crippen MR) is 77.6 cm³/mol. The molecule has 0 bridgehead atoms. The highest BCUT2D eigenvalue weighted by molar-refractivity contribution is 5.94. The molecule has 114 valence electrons. The van der Waals surface area contributed by atoms with E-state index >= 15 is 0 Å². The number of aliphatic hydroxyl groups is 1. The molecule has 0 aromatic carbocycles. The van der Waals surface area contributed by atoms with Crippen molar-refractivity contribution in [2.75, 3.05) is 13.1 Å². The highest BCUT2D eigenvalue weighted by Crippen LogP contribution is 2.23. The van der Waals surface area contributed by atoms with Crippen molar-refractivity contribution < 1.29 is 14.7 Å². The maximum atomic E-state index is 12.3. The first-order chi connectivity index (χ1) is 9.83. The van der Waals surface area contributed by atoms with Gasteiger partial charge in [0.15, 0.2) is 0 Å². The summed E-state index contributed by atoms with van der Waals surface area (Å²) in [4.78, 5) is 29.4.